The first kappa shape index (κ1) is 69.9. The average molecular weight is 1310 g/mol. The SMILES string of the molecule is CNCCOc1cc(C[C@@H](O)[C@@H]2NC(=O)[C@@H]3C[C@@H](O)CN3C(=O)[C@H]([C@@H](C)O)NC(=O)[C@@H](NC(=O)c3ccc(-c4nnc(-c5ccc(N6CCN(C7CCC(C)CC7)CC6)cc5)s4)cc3)C[C@@H](O)CNC(=O)[C@@H]3[C@@H](O)[C@@H](C)CN3C(=O)[C@H]([C@H](O)CCN)NC2=O)ccc1O. The molecule has 93 heavy (non-hydrogen) atoms. The summed E-state index contributed by atoms with van der Waals surface area (Å²) in [5.41, 5.74) is 8.82. The second kappa shape index (κ2) is 31.7. The Bertz CT molecular complexity index is 3240. The van der Waals surface area contributed by atoms with Gasteiger partial charge < -0.3 is 92.8 Å². The minimum atomic E-state index is -2.03. The fourth-order valence-electron chi connectivity index (χ4n) is 12.9. The van der Waals surface area contributed by atoms with Crippen LogP contribution in [0, 0.1) is 11.8 Å². The van der Waals surface area contributed by atoms with Crippen molar-refractivity contribution in [2.24, 2.45) is 17.6 Å². The molecule has 3 aromatic carbocycles. The van der Waals surface area contributed by atoms with E-state index in [2.05, 4.69) is 71.0 Å². The number of nitrogens with zero attached hydrogens (tertiary/aromatic N) is 6. The van der Waals surface area contributed by atoms with Crippen LogP contribution in [0.4, 0.5) is 5.69 Å². The van der Waals surface area contributed by atoms with Gasteiger partial charge in [0.05, 0.1) is 36.6 Å². The highest BCUT2D eigenvalue weighted by Gasteiger charge is 2.50. The Balaban J connectivity index is 0.949. The molecule has 15 N–H and O–H groups in total. The number of nitrogens with two attached hydrogens (primary N) is 1. The number of hydrogen-bond donors (Lipinski definition) is 14. The first-order valence-corrected chi connectivity index (χ1v) is 32.9. The van der Waals surface area contributed by atoms with Gasteiger partial charge in [-0.25, -0.2) is 0 Å². The number of aromatic nitrogens is 2. The molecule has 5 heterocycles. The van der Waals surface area contributed by atoms with Crippen molar-refractivity contribution in [1.82, 2.24) is 56.8 Å². The number of amides is 7. The van der Waals surface area contributed by atoms with Crippen molar-refractivity contribution in [1.29, 1.82) is 0 Å². The van der Waals surface area contributed by atoms with Crippen molar-refractivity contribution in [3.05, 3.63) is 77.9 Å². The van der Waals surface area contributed by atoms with Crippen LogP contribution in [0.2, 0.25) is 0 Å². The van der Waals surface area contributed by atoms with Crippen LogP contribution >= 0.6 is 11.3 Å². The number of benzene rings is 3. The number of fused-ring (bicyclic) bond motifs is 2. The van der Waals surface area contributed by atoms with Gasteiger partial charge in [-0.2, -0.15) is 0 Å². The van der Waals surface area contributed by atoms with Crippen molar-refractivity contribution in [2.75, 3.05) is 77.5 Å². The summed E-state index contributed by atoms with van der Waals surface area (Å²) in [5, 5.41) is 105. The first-order valence-electron chi connectivity index (χ1n) is 32.0. The highest BCUT2D eigenvalue weighted by molar-refractivity contribution is 7.17. The number of aliphatic hydroxyl groups excluding tert-OH is 6. The van der Waals surface area contributed by atoms with Gasteiger partial charge in [-0.3, -0.25) is 38.5 Å². The van der Waals surface area contributed by atoms with Crippen LogP contribution in [-0.2, 0) is 35.2 Å². The van der Waals surface area contributed by atoms with E-state index in [0.717, 1.165) is 60.1 Å². The number of likely N-dealkylation sites (N-methyl/N-ethyl adjacent to an activating group) is 1. The molecule has 0 spiro atoms. The molecule has 0 unspecified atom stereocenters. The molecule has 1 aromatic heterocycles. The van der Waals surface area contributed by atoms with Crippen LogP contribution in [0.15, 0.2) is 66.7 Å². The smallest absolute Gasteiger partial charge is 0.251 e. The highest BCUT2D eigenvalue weighted by atomic mass is 32.1. The van der Waals surface area contributed by atoms with Crippen LogP contribution in [0.1, 0.15) is 81.6 Å². The Morgan fingerprint density at radius 2 is 1.38 bits per heavy atom. The highest BCUT2D eigenvalue weighted by Crippen LogP contribution is 2.34. The number of piperazine rings is 1. The number of carbonyl (C=O) groups excluding carboxylic acids is 7. The van der Waals surface area contributed by atoms with Crippen molar-refractivity contribution in [2.45, 2.75) is 151 Å². The van der Waals surface area contributed by atoms with Crippen LogP contribution in [0.25, 0.3) is 21.1 Å². The first-order chi connectivity index (χ1) is 44.5. The van der Waals surface area contributed by atoms with Gasteiger partial charge in [0.15, 0.2) is 11.5 Å². The van der Waals surface area contributed by atoms with Crippen LogP contribution in [0.5, 0.6) is 11.5 Å². The fraction of sp³-hybridized carbons (Fsp3) is 0.578. The molecule has 5 aliphatic rings. The van der Waals surface area contributed by atoms with Gasteiger partial charge in [0.2, 0.25) is 35.4 Å². The molecule has 506 valence electrons. The molecule has 1 saturated carbocycles. The average Bonchev–Trinajstić information content (AvgIpc) is 1.71. The van der Waals surface area contributed by atoms with Crippen LogP contribution in [0.3, 0.4) is 0 Å². The van der Waals surface area contributed by atoms with Crippen molar-refractivity contribution in [3.63, 3.8) is 0 Å². The van der Waals surface area contributed by atoms with Gasteiger partial charge in [0.25, 0.3) is 5.91 Å². The lowest BCUT2D eigenvalue weighted by atomic mass is 9.86. The molecule has 0 bridgehead atoms. The molecule has 13 atom stereocenters. The maximum absolute atomic E-state index is 14.8. The number of ether oxygens (including phenoxy) is 1. The minimum Gasteiger partial charge on any atom is -0.504 e. The van der Waals surface area contributed by atoms with Crippen LogP contribution in [-0.4, -0.2) is 253 Å². The third-order valence-electron chi connectivity index (χ3n) is 18.4. The molecule has 4 saturated heterocycles. The second-order valence-electron chi connectivity index (χ2n) is 25.3. The molecular formula is C64H89N13O15S. The molecule has 7 amide bonds. The minimum absolute atomic E-state index is 0.0222. The monoisotopic (exact) mass is 1310 g/mol. The number of rotatable bonds is 17. The number of phenolic OH excluding ortho intramolecular Hbond substituents is 1. The standard InChI is InChI=1S/C64H89N13O15S/c1-34-5-14-41(15-6-34)74-22-24-75(25-23-74)42-16-12-40(13-17-42)62-73-72-61(93-62)39-10-8-38(9-11-39)56(85)68-45-29-43(79)31-67-60(89)54-55(84)35(2)32-77(54)64(91)53(48(82)19-20-65)71-59(88)52(49(83)27-37-7-18-47(81)50(28-37)92-26-21-66-4)70-58(87)46-30-44(80)33-76(46)63(90)51(36(3)78)69-57(45)86/h7-13,16-18,28,34-36,41,43-46,48-49,51-55,66,78-84H,5-6,14-15,19-27,29-33,65H2,1-4H3,(H,67,89)(H,68,85)(H,69,86)(H,70,87)(H,71,88)/t34?,35-,36+,41?,43+,44+,45-,46-,48+,49+,51-,52-,53-,54-,55-/m0/s1. The Kier molecular flexibility index (Phi) is 23.8. The largest absolute Gasteiger partial charge is 0.504 e. The Labute approximate surface area is 543 Å². The normalized spacial score (nSPS) is 28.4. The Morgan fingerprint density at radius 3 is 2.02 bits per heavy atom. The molecule has 5 fully saturated rings. The molecule has 4 aliphatic heterocycles. The predicted molar refractivity (Wildman–Crippen MR) is 342 cm³/mol. The van der Waals surface area contributed by atoms with Gasteiger partial charge in [0, 0.05) is 106 Å². The Hall–Kier alpha value is -7.45. The maximum Gasteiger partial charge on any atom is 0.251 e. The topological polar surface area (TPSA) is 407 Å². The van der Waals surface area contributed by atoms with E-state index in [-0.39, 0.29) is 48.7 Å². The Morgan fingerprint density at radius 1 is 0.742 bits per heavy atom. The van der Waals surface area contributed by atoms with Crippen molar-refractivity contribution < 1.29 is 74.0 Å². The van der Waals surface area contributed by atoms with E-state index >= 15 is 0 Å². The molecule has 4 aromatic rings. The number of nitrogens with one attached hydrogen (secondary N) is 6. The van der Waals surface area contributed by atoms with Gasteiger partial charge in [-0.15, -0.1) is 10.2 Å². The number of aliphatic hydroxyl groups is 6. The summed E-state index contributed by atoms with van der Waals surface area (Å²) in [6, 6.07) is 8.41. The number of β-amino-alcohol motifs (C(OH)–C–C–N with tert-alkyl or cyclic N) is 1. The number of aromatic hydroxyl groups is 1. The molecule has 28 nitrogen and oxygen atoms in total. The van der Waals surface area contributed by atoms with E-state index in [4.69, 9.17) is 10.5 Å². The molecular weight excluding hydrogens is 1220 g/mol. The van der Waals surface area contributed by atoms with Crippen molar-refractivity contribution in [3.8, 4) is 32.6 Å². The zero-order valence-corrected chi connectivity index (χ0v) is 53.6. The summed E-state index contributed by atoms with van der Waals surface area (Å²) in [7, 11) is 1.69. The fourth-order valence-corrected chi connectivity index (χ4v) is 13.8. The third-order valence-corrected chi connectivity index (χ3v) is 19.4. The van der Waals surface area contributed by atoms with E-state index in [1.807, 2.05) is 12.1 Å². The lowest BCUT2D eigenvalue weighted by molar-refractivity contribution is -0.147. The van der Waals surface area contributed by atoms with Gasteiger partial charge in [0.1, 0.15) is 52.9 Å². The summed E-state index contributed by atoms with van der Waals surface area (Å²) in [6.07, 6.45) is -6.62. The number of hydrogen-bond acceptors (Lipinski definition) is 22. The lowest BCUT2D eigenvalue weighted by Gasteiger charge is -2.42. The zero-order valence-electron chi connectivity index (χ0n) is 52.8. The summed E-state index contributed by atoms with van der Waals surface area (Å²) in [4.78, 5) is 109. The third kappa shape index (κ3) is 17.1. The number of carbonyl (C=O) groups is 7. The van der Waals surface area contributed by atoms with E-state index in [1.165, 1.54) is 67.4 Å². The van der Waals surface area contributed by atoms with Gasteiger partial charge in [-0.1, -0.05) is 43.4 Å². The summed E-state index contributed by atoms with van der Waals surface area (Å²) in [5.74, 6) is -7.66. The summed E-state index contributed by atoms with van der Waals surface area (Å²) < 4.78 is 5.67. The predicted octanol–water partition coefficient (Wildman–Crippen LogP) is -1.83. The second-order valence-corrected chi connectivity index (χ2v) is 26.3. The molecule has 1 aliphatic carbocycles. The maximum atomic E-state index is 14.8. The zero-order chi connectivity index (χ0) is 66.8. The molecule has 0 radical (unpaired) electrons. The van der Waals surface area contributed by atoms with E-state index in [9.17, 15) is 69.3 Å². The lowest BCUT2D eigenvalue weighted by Crippen LogP contribution is -2.64. The number of anilines is 1. The van der Waals surface area contributed by atoms with Gasteiger partial charge in [-0.05, 0) is 113 Å². The van der Waals surface area contributed by atoms with Crippen LogP contribution < -0.4 is 47.3 Å². The summed E-state index contributed by atoms with van der Waals surface area (Å²) in [6.45, 7) is 7.92. The molecule has 29 heteroatoms. The van der Waals surface area contributed by atoms with Crippen molar-refractivity contribution >= 4 is 58.4 Å². The van der Waals surface area contributed by atoms with E-state index < -0.39 is 152 Å². The number of phenols is 1. The van der Waals surface area contributed by atoms with E-state index in [0.29, 0.717) is 28.2 Å². The molecule has 9 rings (SSSR count). The van der Waals surface area contributed by atoms with E-state index in [1.54, 1.807) is 26.1 Å². The summed E-state index contributed by atoms with van der Waals surface area (Å²) >= 11 is 1.36. The van der Waals surface area contributed by atoms with Gasteiger partial charge >= 0.3 is 0 Å². The quantitative estimate of drug-likeness (QED) is 0.0517.